The maximum atomic E-state index is 6.03. The first-order valence-corrected chi connectivity index (χ1v) is 7.58. The van der Waals surface area contributed by atoms with Crippen molar-refractivity contribution in [2.75, 3.05) is 11.9 Å². The number of fused-ring (bicyclic) bond motifs is 1. The molecule has 2 aromatic heterocycles. The average Bonchev–Trinajstić information content (AvgIpc) is 2.85. The number of aryl methyl sites for hydroxylation is 1. The van der Waals surface area contributed by atoms with E-state index in [9.17, 15) is 0 Å². The summed E-state index contributed by atoms with van der Waals surface area (Å²) in [4.78, 5) is 1.17. The molecule has 0 amide bonds. The van der Waals surface area contributed by atoms with E-state index >= 15 is 0 Å². The molecule has 3 rings (SSSR count). The van der Waals surface area contributed by atoms with Gasteiger partial charge in [-0.15, -0.1) is 11.3 Å². The highest BCUT2D eigenvalue weighted by atomic mass is 35.5. The number of anilines is 1. The van der Waals surface area contributed by atoms with Crippen LogP contribution in [0.4, 0.5) is 5.82 Å². The largest absolute Gasteiger partial charge is 0.370 e. The van der Waals surface area contributed by atoms with Crippen molar-refractivity contribution in [3.63, 3.8) is 0 Å². The van der Waals surface area contributed by atoms with Crippen LogP contribution in [0.2, 0.25) is 4.34 Å². The Kier molecular flexibility index (Phi) is 3.31. The van der Waals surface area contributed by atoms with Crippen LogP contribution in [0.3, 0.4) is 0 Å². The van der Waals surface area contributed by atoms with Gasteiger partial charge in [0.25, 0.3) is 0 Å². The second kappa shape index (κ2) is 4.94. The SMILES string of the molecule is CCn1nc(-c2ccc(Cl)s2)c2c1NCCCC2. The van der Waals surface area contributed by atoms with Crippen LogP contribution in [0.15, 0.2) is 12.1 Å². The first-order valence-electron chi connectivity index (χ1n) is 6.39. The highest BCUT2D eigenvalue weighted by Crippen LogP contribution is 2.36. The molecular formula is C13H16ClN3S. The third-order valence-corrected chi connectivity index (χ3v) is 4.54. The predicted octanol–water partition coefficient (Wildman–Crippen LogP) is 4.03. The number of hydrogen-bond donors (Lipinski definition) is 1. The minimum absolute atomic E-state index is 0.825. The summed E-state index contributed by atoms with van der Waals surface area (Å²) < 4.78 is 2.90. The lowest BCUT2D eigenvalue weighted by Crippen LogP contribution is -2.07. The lowest BCUT2D eigenvalue weighted by Gasteiger charge is -2.06. The van der Waals surface area contributed by atoms with Crippen LogP contribution in [0.5, 0.6) is 0 Å². The molecule has 0 fully saturated rings. The molecule has 0 radical (unpaired) electrons. The van der Waals surface area contributed by atoms with Gasteiger partial charge in [-0.25, -0.2) is 4.68 Å². The number of hydrogen-bond acceptors (Lipinski definition) is 3. The number of aromatic nitrogens is 2. The summed E-state index contributed by atoms with van der Waals surface area (Å²) in [5, 5.41) is 8.26. The van der Waals surface area contributed by atoms with Crippen LogP contribution in [-0.2, 0) is 13.0 Å². The van der Waals surface area contributed by atoms with Gasteiger partial charge in [-0.05, 0) is 38.3 Å². The first kappa shape index (κ1) is 12.1. The third-order valence-electron chi connectivity index (χ3n) is 3.30. The molecule has 0 atom stereocenters. The highest BCUT2D eigenvalue weighted by Gasteiger charge is 2.20. The van der Waals surface area contributed by atoms with Crippen molar-refractivity contribution in [1.82, 2.24) is 9.78 Å². The van der Waals surface area contributed by atoms with Gasteiger partial charge in [-0.3, -0.25) is 0 Å². The summed E-state index contributed by atoms with van der Waals surface area (Å²) in [6, 6.07) is 4.02. The summed E-state index contributed by atoms with van der Waals surface area (Å²) in [5.74, 6) is 1.20. The molecule has 0 unspecified atom stereocenters. The topological polar surface area (TPSA) is 29.9 Å². The summed E-state index contributed by atoms with van der Waals surface area (Å²) in [5.41, 5.74) is 2.46. The second-order valence-corrected chi connectivity index (χ2v) is 6.19. The Balaban J connectivity index is 2.12. The highest BCUT2D eigenvalue weighted by molar-refractivity contribution is 7.19. The van der Waals surface area contributed by atoms with Crippen molar-refractivity contribution in [1.29, 1.82) is 0 Å². The van der Waals surface area contributed by atoms with Gasteiger partial charge < -0.3 is 5.32 Å². The molecule has 18 heavy (non-hydrogen) atoms. The number of rotatable bonds is 2. The van der Waals surface area contributed by atoms with Crippen molar-refractivity contribution < 1.29 is 0 Å². The molecule has 0 aliphatic carbocycles. The molecule has 3 nitrogen and oxygen atoms in total. The molecule has 0 spiro atoms. The number of thiophene rings is 1. The van der Waals surface area contributed by atoms with Crippen LogP contribution in [-0.4, -0.2) is 16.3 Å². The van der Waals surface area contributed by atoms with E-state index in [0.717, 1.165) is 29.5 Å². The van der Waals surface area contributed by atoms with Gasteiger partial charge in [0.2, 0.25) is 0 Å². The molecule has 1 N–H and O–H groups in total. The molecular weight excluding hydrogens is 266 g/mol. The Hall–Kier alpha value is -1.00. The van der Waals surface area contributed by atoms with Gasteiger partial charge in [-0.1, -0.05) is 11.6 Å². The lowest BCUT2D eigenvalue weighted by atomic mass is 10.1. The zero-order chi connectivity index (χ0) is 12.5. The zero-order valence-corrected chi connectivity index (χ0v) is 11.9. The second-order valence-electron chi connectivity index (χ2n) is 4.48. The van der Waals surface area contributed by atoms with Gasteiger partial charge in [0.05, 0.1) is 9.21 Å². The van der Waals surface area contributed by atoms with Crippen molar-refractivity contribution >= 4 is 28.8 Å². The molecule has 2 aromatic rings. The van der Waals surface area contributed by atoms with E-state index in [2.05, 4.69) is 23.0 Å². The molecule has 1 aliphatic heterocycles. The van der Waals surface area contributed by atoms with Crippen molar-refractivity contribution in [2.45, 2.75) is 32.7 Å². The monoisotopic (exact) mass is 281 g/mol. The predicted molar refractivity (Wildman–Crippen MR) is 77.7 cm³/mol. The smallest absolute Gasteiger partial charge is 0.128 e. The molecule has 1 aliphatic rings. The molecule has 96 valence electrons. The van der Waals surface area contributed by atoms with E-state index in [4.69, 9.17) is 16.7 Å². The van der Waals surface area contributed by atoms with Crippen LogP contribution < -0.4 is 5.32 Å². The number of nitrogens with one attached hydrogen (secondary N) is 1. The summed E-state index contributed by atoms with van der Waals surface area (Å²) in [6.07, 6.45) is 3.55. The Morgan fingerprint density at radius 1 is 1.44 bits per heavy atom. The van der Waals surface area contributed by atoms with E-state index in [1.165, 1.54) is 29.1 Å². The van der Waals surface area contributed by atoms with E-state index in [1.54, 1.807) is 11.3 Å². The summed E-state index contributed by atoms with van der Waals surface area (Å²) >= 11 is 7.64. The Morgan fingerprint density at radius 3 is 3.06 bits per heavy atom. The van der Waals surface area contributed by atoms with Gasteiger partial charge >= 0.3 is 0 Å². The maximum absolute atomic E-state index is 6.03. The van der Waals surface area contributed by atoms with Crippen LogP contribution in [0, 0.1) is 0 Å². The Bertz CT molecular complexity index is 559. The quantitative estimate of drug-likeness (QED) is 0.900. The van der Waals surface area contributed by atoms with Crippen LogP contribution in [0.1, 0.15) is 25.3 Å². The molecule has 0 saturated carbocycles. The van der Waals surface area contributed by atoms with Crippen LogP contribution >= 0.6 is 22.9 Å². The fourth-order valence-electron chi connectivity index (χ4n) is 2.44. The molecule has 0 saturated heterocycles. The first-order chi connectivity index (χ1) is 8.79. The lowest BCUT2D eigenvalue weighted by molar-refractivity contribution is 0.665. The minimum atomic E-state index is 0.825. The molecule has 0 aromatic carbocycles. The van der Waals surface area contributed by atoms with Crippen molar-refractivity contribution in [2.24, 2.45) is 0 Å². The standard InChI is InChI=1S/C13H16ClN3S/c1-2-17-13-9(5-3-4-8-15-13)12(16-17)10-6-7-11(14)18-10/h6-7,15H,2-5,8H2,1H3. The fraction of sp³-hybridized carbons (Fsp3) is 0.462. The normalized spacial score (nSPS) is 15.0. The van der Waals surface area contributed by atoms with E-state index in [-0.39, 0.29) is 0 Å². The molecule has 3 heterocycles. The van der Waals surface area contributed by atoms with Crippen LogP contribution in [0.25, 0.3) is 10.6 Å². The summed E-state index contributed by atoms with van der Waals surface area (Å²) in [7, 11) is 0. The van der Waals surface area contributed by atoms with Crippen molar-refractivity contribution in [3.8, 4) is 10.6 Å². The van der Waals surface area contributed by atoms with Gasteiger partial charge in [0.1, 0.15) is 11.5 Å². The van der Waals surface area contributed by atoms with Gasteiger partial charge in [-0.2, -0.15) is 5.10 Å². The maximum Gasteiger partial charge on any atom is 0.128 e. The Morgan fingerprint density at radius 2 is 2.33 bits per heavy atom. The number of halogens is 1. The van der Waals surface area contributed by atoms with Crippen molar-refractivity contribution in [3.05, 3.63) is 22.0 Å². The van der Waals surface area contributed by atoms with E-state index in [0.29, 0.717) is 0 Å². The number of nitrogens with zero attached hydrogens (tertiary/aromatic N) is 2. The van der Waals surface area contributed by atoms with Gasteiger partial charge in [0.15, 0.2) is 0 Å². The zero-order valence-electron chi connectivity index (χ0n) is 10.4. The molecule has 5 heteroatoms. The van der Waals surface area contributed by atoms with Gasteiger partial charge in [0, 0.05) is 18.7 Å². The van der Waals surface area contributed by atoms with E-state index in [1.807, 2.05) is 6.07 Å². The fourth-order valence-corrected chi connectivity index (χ4v) is 3.49. The summed E-state index contributed by atoms with van der Waals surface area (Å²) in [6.45, 7) is 4.07. The third kappa shape index (κ3) is 2.04. The Labute approximate surface area is 116 Å². The average molecular weight is 282 g/mol. The molecule has 0 bridgehead atoms. The minimum Gasteiger partial charge on any atom is -0.370 e. The van der Waals surface area contributed by atoms with E-state index < -0.39 is 0 Å².